The second kappa shape index (κ2) is 12.3. The van der Waals surface area contributed by atoms with Gasteiger partial charge in [0.2, 0.25) is 5.95 Å². The number of alkyl halides is 3. The molecule has 2 rings (SSSR count). The summed E-state index contributed by atoms with van der Waals surface area (Å²) >= 11 is 0. The minimum absolute atomic E-state index is 0. The first kappa shape index (κ1) is 24.7. The SMILES string of the molecule is CN=C(NCCNc1nccc(C(F)(F)F)n1)NCCc1ccc(OC)cc1.I. The fourth-order valence-electron chi connectivity index (χ4n) is 2.30. The quantitative estimate of drug-likeness (QED) is 0.213. The van der Waals surface area contributed by atoms with Crippen molar-refractivity contribution in [3.63, 3.8) is 0 Å². The van der Waals surface area contributed by atoms with E-state index in [-0.39, 0.29) is 29.9 Å². The van der Waals surface area contributed by atoms with Crippen LogP contribution in [0.15, 0.2) is 41.5 Å². The van der Waals surface area contributed by atoms with Crippen LogP contribution in [0.4, 0.5) is 19.1 Å². The second-order valence-electron chi connectivity index (χ2n) is 5.71. The van der Waals surface area contributed by atoms with Crippen molar-refractivity contribution in [2.24, 2.45) is 4.99 Å². The molecule has 1 aromatic heterocycles. The number of aromatic nitrogens is 2. The van der Waals surface area contributed by atoms with E-state index >= 15 is 0 Å². The summed E-state index contributed by atoms with van der Waals surface area (Å²) in [5.74, 6) is 1.34. The van der Waals surface area contributed by atoms with Gasteiger partial charge in [0.25, 0.3) is 0 Å². The summed E-state index contributed by atoms with van der Waals surface area (Å²) in [4.78, 5) is 11.3. The summed E-state index contributed by atoms with van der Waals surface area (Å²) in [6, 6.07) is 8.64. The molecule has 0 saturated carbocycles. The molecule has 0 aliphatic heterocycles. The Labute approximate surface area is 184 Å². The minimum atomic E-state index is -4.49. The fourth-order valence-corrected chi connectivity index (χ4v) is 2.30. The van der Waals surface area contributed by atoms with Crippen LogP contribution < -0.4 is 20.7 Å². The van der Waals surface area contributed by atoms with E-state index in [1.807, 2.05) is 24.3 Å². The highest BCUT2D eigenvalue weighted by atomic mass is 127. The van der Waals surface area contributed by atoms with Crippen molar-refractivity contribution in [3.05, 3.63) is 47.8 Å². The Morgan fingerprint density at radius 2 is 1.76 bits per heavy atom. The van der Waals surface area contributed by atoms with Crippen LogP contribution in [0.2, 0.25) is 0 Å². The van der Waals surface area contributed by atoms with E-state index in [0.29, 0.717) is 25.6 Å². The monoisotopic (exact) mass is 524 g/mol. The van der Waals surface area contributed by atoms with Crippen molar-refractivity contribution in [1.82, 2.24) is 20.6 Å². The van der Waals surface area contributed by atoms with E-state index in [0.717, 1.165) is 30.0 Å². The Kier molecular flexibility index (Phi) is 10.5. The summed E-state index contributed by atoms with van der Waals surface area (Å²) in [6.07, 6.45) is -2.61. The average Bonchev–Trinajstić information content (AvgIpc) is 2.70. The molecule has 2 aromatic rings. The number of rotatable bonds is 8. The number of anilines is 1. The van der Waals surface area contributed by atoms with E-state index in [1.165, 1.54) is 0 Å². The van der Waals surface area contributed by atoms with Gasteiger partial charge in [0.15, 0.2) is 5.96 Å². The third-order valence-corrected chi connectivity index (χ3v) is 3.74. The van der Waals surface area contributed by atoms with Crippen molar-refractivity contribution in [2.45, 2.75) is 12.6 Å². The van der Waals surface area contributed by atoms with Gasteiger partial charge in [0.1, 0.15) is 11.4 Å². The Morgan fingerprint density at radius 3 is 2.38 bits per heavy atom. The highest BCUT2D eigenvalue weighted by molar-refractivity contribution is 14.0. The van der Waals surface area contributed by atoms with Gasteiger partial charge in [-0.3, -0.25) is 4.99 Å². The second-order valence-corrected chi connectivity index (χ2v) is 5.71. The third-order valence-electron chi connectivity index (χ3n) is 3.74. The lowest BCUT2D eigenvalue weighted by atomic mass is 10.1. The van der Waals surface area contributed by atoms with E-state index < -0.39 is 11.9 Å². The molecule has 3 N–H and O–H groups in total. The van der Waals surface area contributed by atoms with Gasteiger partial charge in [-0.1, -0.05) is 12.1 Å². The molecule has 0 saturated heterocycles. The van der Waals surface area contributed by atoms with Crippen LogP contribution in [-0.4, -0.2) is 49.7 Å². The molecule has 1 heterocycles. The summed E-state index contributed by atoms with van der Waals surface area (Å²) < 4.78 is 43.0. The highest BCUT2D eigenvalue weighted by Gasteiger charge is 2.32. The molecule has 0 aliphatic carbocycles. The number of aliphatic imine (C=N–C) groups is 1. The Bertz CT molecular complexity index is 771. The minimum Gasteiger partial charge on any atom is -0.497 e. The van der Waals surface area contributed by atoms with Crippen LogP contribution >= 0.6 is 24.0 Å². The number of halogens is 4. The molecular weight excluding hydrogens is 500 g/mol. The molecule has 0 bridgehead atoms. The molecule has 11 heteroatoms. The largest absolute Gasteiger partial charge is 0.497 e. The van der Waals surface area contributed by atoms with Gasteiger partial charge in [-0.15, -0.1) is 24.0 Å². The maximum Gasteiger partial charge on any atom is 0.433 e. The summed E-state index contributed by atoms with van der Waals surface area (Å²) in [5.41, 5.74) is 0.182. The third kappa shape index (κ3) is 8.71. The molecule has 0 amide bonds. The van der Waals surface area contributed by atoms with E-state index in [1.54, 1.807) is 14.2 Å². The van der Waals surface area contributed by atoms with Crippen molar-refractivity contribution < 1.29 is 17.9 Å². The van der Waals surface area contributed by atoms with Crippen LogP contribution in [0.5, 0.6) is 5.75 Å². The topological polar surface area (TPSA) is 83.5 Å². The molecule has 0 fully saturated rings. The standard InChI is InChI=1S/C18H23F3N6O.HI/c1-22-16(23-9-7-13-3-5-14(28-2)6-4-13)25-11-12-26-17-24-10-8-15(27-17)18(19,20)21;/h3-6,8,10H,7,9,11-12H2,1-2H3,(H2,22,23,25)(H,24,26,27);1H. The van der Waals surface area contributed by atoms with E-state index in [4.69, 9.17) is 4.74 Å². The van der Waals surface area contributed by atoms with Gasteiger partial charge in [-0.05, 0) is 30.2 Å². The summed E-state index contributed by atoms with van der Waals surface area (Å²) in [5, 5.41) is 8.99. The maximum absolute atomic E-state index is 12.6. The van der Waals surface area contributed by atoms with Crippen LogP contribution in [0.3, 0.4) is 0 Å². The molecule has 0 aliphatic rings. The van der Waals surface area contributed by atoms with Gasteiger partial charge in [-0.25, -0.2) is 9.97 Å². The molecule has 160 valence electrons. The normalized spacial score (nSPS) is 11.4. The summed E-state index contributed by atoms with van der Waals surface area (Å²) in [7, 11) is 3.27. The van der Waals surface area contributed by atoms with E-state index in [2.05, 4.69) is 30.9 Å². The van der Waals surface area contributed by atoms with Gasteiger partial charge in [0, 0.05) is 32.9 Å². The smallest absolute Gasteiger partial charge is 0.433 e. The zero-order chi connectivity index (χ0) is 20.4. The number of nitrogens with one attached hydrogen (secondary N) is 3. The fraction of sp³-hybridized carbons (Fsp3) is 0.389. The van der Waals surface area contributed by atoms with Crippen LogP contribution in [0, 0.1) is 0 Å². The van der Waals surface area contributed by atoms with Crippen molar-refractivity contribution in [3.8, 4) is 5.75 Å². The Hall–Kier alpha value is -2.31. The molecule has 1 aromatic carbocycles. The molecule has 7 nitrogen and oxygen atoms in total. The molecule has 0 radical (unpaired) electrons. The van der Waals surface area contributed by atoms with Crippen LogP contribution in [0.25, 0.3) is 0 Å². The van der Waals surface area contributed by atoms with E-state index in [9.17, 15) is 13.2 Å². The van der Waals surface area contributed by atoms with Crippen molar-refractivity contribution in [2.75, 3.05) is 39.1 Å². The zero-order valence-electron chi connectivity index (χ0n) is 16.1. The predicted molar refractivity (Wildman–Crippen MR) is 117 cm³/mol. The average molecular weight is 524 g/mol. The highest BCUT2D eigenvalue weighted by Crippen LogP contribution is 2.27. The molecule has 0 spiro atoms. The predicted octanol–water partition coefficient (Wildman–Crippen LogP) is 2.94. The van der Waals surface area contributed by atoms with Crippen molar-refractivity contribution in [1.29, 1.82) is 0 Å². The van der Waals surface area contributed by atoms with Crippen LogP contribution in [0.1, 0.15) is 11.3 Å². The molecular formula is C18H24F3IN6O. The Balaban J connectivity index is 0.00000420. The number of ether oxygens (including phenoxy) is 1. The molecule has 29 heavy (non-hydrogen) atoms. The lowest BCUT2D eigenvalue weighted by molar-refractivity contribution is -0.141. The summed E-state index contributed by atoms with van der Waals surface area (Å²) in [6.45, 7) is 1.44. The van der Waals surface area contributed by atoms with Gasteiger partial charge in [0.05, 0.1) is 7.11 Å². The molecule has 0 atom stereocenters. The van der Waals surface area contributed by atoms with Crippen molar-refractivity contribution >= 4 is 35.9 Å². The number of hydrogen-bond donors (Lipinski definition) is 3. The van der Waals surface area contributed by atoms with Gasteiger partial charge < -0.3 is 20.7 Å². The Morgan fingerprint density at radius 1 is 1.07 bits per heavy atom. The van der Waals surface area contributed by atoms with Crippen LogP contribution in [-0.2, 0) is 12.6 Å². The number of guanidine groups is 1. The number of nitrogens with zero attached hydrogens (tertiary/aromatic N) is 3. The number of methoxy groups -OCH3 is 1. The number of hydrogen-bond acceptors (Lipinski definition) is 5. The molecule has 0 unspecified atom stereocenters. The first-order chi connectivity index (χ1) is 13.4. The maximum atomic E-state index is 12.6. The van der Waals surface area contributed by atoms with Gasteiger partial charge in [-0.2, -0.15) is 13.2 Å². The first-order valence-corrected chi connectivity index (χ1v) is 8.64. The van der Waals surface area contributed by atoms with Gasteiger partial charge >= 0.3 is 6.18 Å². The first-order valence-electron chi connectivity index (χ1n) is 8.64. The lowest BCUT2D eigenvalue weighted by Gasteiger charge is -2.13. The zero-order valence-corrected chi connectivity index (χ0v) is 18.4. The number of benzene rings is 1. The lowest BCUT2D eigenvalue weighted by Crippen LogP contribution is -2.40.